The van der Waals surface area contributed by atoms with Crippen molar-refractivity contribution in [3.8, 4) is 0 Å². The Bertz CT molecular complexity index is 1040. The lowest BCUT2D eigenvalue weighted by molar-refractivity contribution is -0.144. The summed E-state index contributed by atoms with van der Waals surface area (Å²) in [4.78, 5) is 26.0. The molecule has 162 valence electrons. The van der Waals surface area contributed by atoms with E-state index < -0.39 is 6.61 Å². The van der Waals surface area contributed by atoms with Gasteiger partial charge in [-0.1, -0.05) is 62.4 Å². The molecule has 0 unspecified atom stereocenters. The molecule has 0 radical (unpaired) electrons. The molecule has 1 N–H and O–H groups in total. The van der Waals surface area contributed by atoms with E-state index in [4.69, 9.17) is 9.84 Å². The first-order chi connectivity index (χ1) is 15.0. The van der Waals surface area contributed by atoms with Gasteiger partial charge in [0.1, 0.15) is 13.2 Å². The lowest BCUT2D eigenvalue weighted by Gasteiger charge is -2.18. The number of carbonyl (C=O) groups excluding carboxylic acids is 2. The minimum Gasteiger partial charge on any atom is -0.461 e. The van der Waals surface area contributed by atoms with Crippen molar-refractivity contribution in [1.29, 1.82) is 0 Å². The zero-order chi connectivity index (χ0) is 22.2. The van der Waals surface area contributed by atoms with Crippen molar-refractivity contribution in [3.63, 3.8) is 0 Å². The average Bonchev–Trinajstić information content (AvgIpc) is 2.81. The summed E-state index contributed by atoms with van der Waals surface area (Å²) in [5.74, 6) is -0.665. The van der Waals surface area contributed by atoms with Gasteiger partial charge in [-0.15, -0.1) is 0 Å². The van der Waals surface area contributed by atoms with Gasteiger partial charge in [-0.3, -0.25) is 14.5 Å². The fourth-order valence-corrected chi connectivity index (χ4v) is 3.52. The predicted molar refractivity (Wildman–Crippen MR) is 122 cm³/mol. The number of hydrogen-bond donors (Lipinski definition) is 1. The van der Waals surface area contributed by atoms with Crippen molar-refractivity contribution >= 4 is 22.5 Å². The summed E-state index contributed by atoms with van der Waals surface area (Å²) in [6, 6.07) is 19.2. The summed E-state index contributed by atoms with van der Waals surface area (Å²) in [6.45, 7) is 7.04. The maximum absolute atomic E-state index is 12.2. The van der Waals surface area contributed by atoms with Crippen LogP contribution in [0.5, 0.6) is 0 Å². The molecule has 0 heterocycles. The molecule has 0 saturated heterocycles. The van der Waals surface area contributed by atoms with E-state index in [-0.39, 0.29) is 24.8 Å². The number of Topliss-reactive ketones (excluding diaryl/α,β-unsaturated/α-hetero) is 1. The fourth-order valence-electron chi connectivity index (χ4n) is 3.52. The van der Waals surface area contributed by atoms with Crippen LogP contribution in [-0.2, 0) is 29.1 Å². The second-order valence-corrected chi connectivity index (χ2v) is 7.59. The van der Waals surface area contributed by atoms with Gasteiger partial charge >= 0.3 is 5.97 Å². The van der Waals surface area contributed by atoms with Gasteiger partial charge in [0.25, 0.3) is 0 Å². The highest BCUT2D eigenvalue weighted by Gasteiger charge is 2.09. The topological polar surface area (TPSA) is 66.8 Å². The molecule has 0 fully saturated rings. The number of aliphatic hydroxyl groups is 1. The number of ketones is 1. The standard InChI is InChI=1S/C26H29NO4/c1-3-27(4-2)16-20-7-11-24-14-21(8-12-23(24)13-20)18-31-26(30)15-19-5-9-22(10-6-19)25(29)17-28/h5-14,28H,3-4,15-18H2,1-2H3. The van der Waals surface area contributed by atoms with Crippen LogP contribution in [0.2, 0.25) is 0 Å². The van der Waals surface area contributed by atoms with Crippen LogP contribution in [-0.4, -0.2) is 41.5 Å². The van der Waals surface area contributed by atoms with Crippen molar-refractivity contribution in [2.75, 3.05) is 19.7 Å². The van der Waals surface area contributed by atoms with Gasteiger partial charge in [-0.2, -0.15) is 0 Å². The molecule has 0 aliphatic carbocycles. The molecule has 5 heteroatoms. The number of rotatable bonds is 10. The van der Waals surface area contributed by atoms with Crippen molar-refractivity contribution in [3.05, 3.63) is 82.9 Å². The fraction of sp³-hybridized carbons (Fsp3) is 0.308. The molecule has 3 rings (SSSR count). The molecule has 0 amide bonds. The van der Waals surface area contributed by atoms with Gasteiger partial charge < -0.3 is 9.84 Å². The number of benzene rings is 3. The third-order valence-corrected chi connectivity index (χ3v) is 5.44. The Labute approximate surface area is 183 Å². The zero-order valence-electron chi connectivity index (χ0n) is 18.1. The highest BCUT2D eigenvalue weighted by Crippen LogP contribution is 2.20. The van der Waals surface area contributed by atoms with E-state index in [2.05, 4.69) is 49.1 Å². The van der Waals surface area contributed by atoms with Gasteiger partial charge in [0.2, 0.25) is 0 Å². The van der Waals surface area contributed by atoms with Crippen LogP contribution in [0.25, 0.3) is 10.8 Å². The van der Waals surface area contributed by atoms with E-state index in [9.17, 15) is 9.59 Å². The van der Waals surface area contributed by atoms with E-state index in [1.165, 1.54) is 10.9 Å². The maximum Gasteiger partial charge on any atom is 0.310 e. The molecular weight excluding hydrogens is 390 g/mol. The van der Waals surface area contributed by atoms with Gasteiger partial charge in [-0.25, -0.2) is 0 Å². The SMILES string of the molecule is CCN(CC)Cc1ccc2cc(COC(=O)Cc3ccc(C(=O)CO)cc3)ccc2c1. The Balaban J connectivity index is 1.57. The quantitative estimate of drug-likeness (QED) is 0.395. The molecule has 3 aromatic carbocycles. The molecule has 0 saturated carbocycles. The van der Waals surface area contributed by atoms with E-state index in [1.54, 1.807) is 24.3 Å². The number of fused-ring (bicyclic) bond motifs is 1. The Hall–Kier alpha value is -3.02. The highest BCUT2D eigenvalue weighted by atomic mass is 16.5. The number of ether oxygens (including phenoxy) is 1. The first kappa shape index (κ1) is 22.7. The number of hydrogen-bond acceptors (Lipinski definition) is 5. The molecule has 31 heavy (non-hydrogen) atoms. The van der Waals surface area contributed by atoms with E-state index >= 15 is 0 Å². The summed E-state index contributed by atoms with van der Waals surface area (Å²) in [5.41, 5.74) is 3.43. The largest absolute Gasteiger partial charge is 0.461 e. The first-order valence-corrected chi connectivity index (χ1v) is 10.6. The van der Waals surface area contributed by atoms with Gasteiger partial charge in [-0.05, 0) is 52.7 Å². The van der Waals surface area contributed by atoms with Crippen molar-refractivity contribution in [2.45, 2.75) is 33.4 Å². The smallest absolute Gasteiger partial charge is 0.310 e. The summed E-state index contributed by atoms with van der Waals surface area (Å²) in [7, 11) is 0. The van der Waals surface area contributed by atoms with E-state index in [0.717, 1.165) is 36.1 Å². The molecule has 0 bridgehead atoms. The second-order valence-electron chi connectivity index (χ2n) is 7.59. The summed E-state index contributed by atoms with van der Waals surface area (Å²) in [5, 5.41) is 11.2. The van der Waals surface area contributed by atoms with Crippen molar-refractivity contribution < 1.29 is 19.4 Å². The number of nitrogens with zero attached hydrogens (tertiary/aromatic N) is 1. The van der Waals surface area contributed by atoms with Gasteiger partial charge in [0.15, 0.2) is 5.78 Å². The van der Waals surface area contributed by atoms with Crippen LogP contribution in [0, 0.1) is 0 Å². The Kier molecular flexibility index (Phi) is 7.93. The minimum atomic E-state index is -0.523. The van der Waals surface area contributed by atoms with Crippen molar-refractivity contribution in [1.82, 2.24) is 4.90 Å². The number of esters is 1. The molecule has 0 spiro atoms. The number of carbonyl (C=O) groups is 2. The van der Waals surface area contributed by atoms with Crippen LogP contribution in [0.3, 0.4) is 0 Å². The average molecular weight is 420 g/mol. The maximum atomic E-state index is 12.2. The normalized spacial score (nSPS) is 11.1. The predicted octanol–water partition coefficient (Wildman–Crippen LogP) is 4.14. The van der Waals surface area contributed by atoms with Crippen LogP contribution in [0.1, 0.15) is 40.9 Å². The van der Waals surface area contributed by atoms with Crippen LogP contribution in [0.15, 0.2) is 60.7 Å². The number of aliphatic hydroxyl groups excluding tert-OH is 1. The van der Waals surface area contributed by atoms with E-state index in [1.807, 2.05) is 6.07 Å². The van der Waals surface area contributed by atoms with Crippen LogP contribution in [0.4, 0.5) is 0 Å². The molecular formula is C26H29NO4. The zero-order valence-corrected chi connectivity index (χ0v) is 18.1. The first-order valence-electron chi connectivity index (χ1n) is 10.6. The monoisotopic (exact) mass is 419 g/mol. The summed E-state index contributed by atoms with van der Waals surface area (Å²) in [6.07, 6.45) is 0.135. The molecule has 0 aliphatic rings. The molecule has 5 nitrogen and oxygen atoms in total. The minimum absolute atomic E-state index is 0.135. The summed E-state index contributed by atoms with van der Waals surface area (Å²) < 4.78 is 5.43. The Morgan fingerprint density at radius 2 is 1.42 bits per heavy atom. The third-order valence-electron chi connectivity index (χ3n) is 5.44. The molecule has 0 aliphatic heterocycles. The van der Waals surface area contributed by atoms with Crippen LogP contribution >= 0.6 is 0 Å². The highest BCUT2D eigenvalue weighted by molar-refractivity contribution is 5.97. The summed E-state index contributed by atoms with van der Waals surface area (Å²) >= 11 is 0. The van der Waals surface area contributed by atoms with Crippen molar-refractivity contribution in [2.24, 2.45) is 0 Å². The third kappa shape index (κ3) is 6.23. The molecule has 0 aromatic heterocycles. The lowest BCUT2D eigenvalue weighted by atomic mass is 10.0. The Morgan fingerprint density at radius 3 is 2.03 bits per heavy atom. The Morgan fingerprint density at radius 1 is 0.839 bits per heavy atom. The van der Waals surface area contributed by atoms with Gasteiger partial charge in [0.05, 0.1) is 6.42 Å². The van der Waals surface area contributed by atoms with Gasteiger partial charge in [0, 0.05) is 12.1 Å². The molecule has 0 atom stereocenters. The lowest BCUT2D eigenvalue weighted by Crippen LogP contribution is -2.21. The van der Waals surface area contributed by atoms with E-state index in [0.29, 0.717) is 5.56 Å². The van der Waals surface area contributed by atoms with Crippen LogP contribution < -0.4 is 0 Å². The second kappa shape index (κ2) is 10.8. The molecule has 3 aromatic rings.